The van der Waals surface area contributed by atoms with Gasteiger partial charge in [0.1, 0.15) is 6.61 Å². The van der Waals surface area contributed by atoms with E-state index in [2.05, 4.69) is 16.6 Å². The van der Waals surface area contributed by atoms with Gasteiger partial charge in [-0.3, -0.25) is 10.1 Å². The molecule has 0 unspecified atom stereocenters. The zero-order valence-electron chi connectivity index (χ0n) is 10.4. The third-order valence-electron chi connectivity index (χ3n) is 2.11. The summed E-state index contributed by atoms with van der Waals surface area (Å²) in [6.45, 7) is 3.43. The first-order valence-electron chi connectivity index (χ1n) is 5.44. The molecule has 0 aromatic heterocycles. The van der Waals surface area contributed by atoms with E-state index in [0.717, 1.165) is 0 Å². The Morgan fingerprint density at radius 1 is 1.30 bits per heavy atom. The number of amides is 1. The molecule has 0 aliphatic rings. The number of sulfone groups is 1. The molecule has 1 aromatic rings. The molecule has 1 rings (SSSR count). The number of rotatable bonds is 6. The molecule has 108 valence electrons. The molecule has 8 heteroatoms. The summed E-state index contributed by atoms with van der Waals surface area (Å²) in [5.41, 5.74) is 0.327. The van der Waals surface area contributed by atoms with E-state index in [-0.39, 0.29) is 11.5 Å². The number of ether oxygens (including phenoxy) is 1. The average Bonchev–Trinajstić information content (AvgIpc) is 2.35. The van der Waals surface area contributed by atoms with Crippen LogP contribution in [0.1, 0.15) is 0 Å². The number of carbonyl (C=O) groups excluding carboxylic acids is 1. The van der Waals surface area contributed by atoms with Crippen LogP contribution in [-0.4, -0.2) is 37.9 Å². The lowest BCUT2D eigenvalue weighted by Crippen LogP contribution is -2.16. The molecular weight excluding hydrogens is 286 g/mol. The zero-order chi connectivity index (χ0) is 15.2. The summed E-state index contributed by atoms with van der Waals surface area (Å²) in [6.07, 6.45) is 0.701. The van der Waals surface area contributed by atoms with Crippen molar-refractivity contribution >= 4 is 27.6 Å². The smallest absolute Gasteiger partial charge is 0.411 e. The van der Waals surface area contributed by atoms with Crippen molar-refractivity contribution in [2.45, 2.75) is 4.90 Å². The van der Waals surface area contributed by atoms with Crippen LogP contribution in [0.5, 0.6) is 0 Å². The van der Waals surface area contributed by atoms with E-state index in [1.54, 1.807) is 0 Å². The highest BCUT2D eigenvalue weighted by Gasteiger charge is 2.18. The standard InChI is InChI=1S/C12H13NO6S/c1-2-7-19-12(16)13-9-3-5-10(6-4-9)20(17,18)8-11(14)15/h2-6H,1,7-8H2,(H,13,16)(H,14,15). The molecule has 0 bridgehead atoms. The number of anilines is 1. The lowest BCUT2D eigenvalue weighted by molar-refractivity contribution is -0.134. The Balaban J connectivity index is 2.76. The van der Waals surface area contributed by atoms with Crippen LogP contribution >= 0.6 is 0 Å². The van der Waals surface area contributed by atoms with E-state index >= 15 is 0 Å². The lowest BCUT2D eigenvalue weighted by atomic mass is 10.3. The van der Waals surface area contributed by atoms with Crippen molar-refractivity contribution in [3.8, 4) is 0 Å². The summed E-state index contributed by atoms with van der Waals surface area (Å²) in [5.74, 6) is -2.42. The third kappa shape index (κ3) is 4.73. The molecule has 0 fully saturated rings. The van der Waals surface area contributed by atoms with Crippen molar-refractivity contribution in [1.29, 1.82) is 0 Å². The van der Waals surface area contributed by atoms with Crippen molar-refractivity contribution in [2.24, 2.45) is 0 Å². The molecule has 0 heterocycles. The summed E-state index contributed by atoms with van der Waals surface area (Å²) in [5, 5.41) is 10.9. The Morgan fingerprint density at radius 2 is 1.90 bits per heavy atom. The number of aliphatic carboxylic acids is 1. The van der Waals surface area contributed by atoms with Crippen molar-refractivity contribution in [3.05, 3.63) is 36.9 Å². The van der Waals surface area contributed by atoms with Gasteiger partial charge in [-0.1, -0.05) is 12.7 Å². The molecule has 1 aromatic carbocycles. The average molecular weight is 299 g/mol. The molecule has 0 spiro atoms. The SMILES string of the molecule is C=CCOC(=O)Nc1ccc(S(=O)(=O)CC(=O)O)cc1. The van der Waals surface area contributed by atoms with Crippen LogP contribution in [0.2, 0.25) is 0 Å². The summed E-state index contributed by atoms with van der Waals surface area (Å²) < 4.78 is 27.9. The van der Waals surface area contributed by atoms with Gasteiger partial charge in [0.15, 0.2) is 15.6 Å². The first-order chi connectivity index (χ1) is 9.35. The maximum atomic E-state index is 11.6. The molecule has 0 saturated carbocycles. The van der Waals surface area contributed by atoms with Gasteiger partial charge in [0, 0.05) is 5.69 Å². The van der Waals surface area contributed by atoms with Gasteiger partial charge in [0.05, 0.1) is 4.90 Å². The fourth-order valence-corrected chi connectivity index (χ4v) is 2.32. The fraction of sp³-hybridized carbons (Fsp3) is 0.167. The highest BCUT2D eigenvalue weighted by molar-refractivity contribution is 7.92. The Kier molecular flexibility index (Phi) is 5.27. The van der Waals surface area contributed by atoms with E-state index in [1.807, 2.05) is 0 Å². The molecule has 7 nitrogen and oxygen atoms in total. The highest BCUT2D eigenvalue weighted by Crippen LogP contribution is 2.15. The number of nitrogens with one attached hydrogen (secondary N) is 1. The van der Waals surface area contributed by atoms with Gasteiger partial charge in [0.2, 0.25) is 0 Å². The van der Waals surface area contributed by atoms with Gasteiger partial charge in [-0.15, -0.1) is 0 Å². The van der Waals surface area contributed by atoms with Crippen LogP contribution in [0.15, 0.2) is 41.8 Å². The summed E-state index contributed by atoms with van der Waals surface area (Å²) in [6, 6.07) is 5.09. The minimum absolute atomic E-state index is 0.0525. The molecule has 1 amide bonds. The Labute approximate surface area is 115 Å². The molecule has 0 radical (unpaired) electrons. The van der Waals surface area contributed by atoms with Gasteiger partial charge in [-0.05, 0) is 24.3 Å². The zero-order valence-corrected chi connectivity index (χ0v) is 11.2. The molecule has 20 heavy (non-hydrogen) atoms. The van der Waals surface area contributed by atoms with Crippen LogP contribution in [0, 0.1) is 0 Å². The van der Waals surface area contributed by atoms with Crippen molar-refractivity contribution in [2.75, 3.05) is 17.7 Å². The second-order valence-corrected chi connectivity index (χ2v) is 5.68. The van der Waals surface area contributed by atoms with Gasteiger partial charge >= 0.3 is 12.1 Å². The molecule has 2 N–H and O–H groups in total. The first kappa shape index (κ1) is 15.7. The first-order valence-corrected chi connectivity index (χ1v) is 7.09. The highest BCUT2D eigenvalue weighted by atomic mass is 32.2. The lowest BCUT2D eigenvalue weighted by Gasteiger charge is -2.06. The predicted octanol–water partition coefficient (Wildman–Crippen LogP) is 1.28. The summed E-state index contributed by atoms with van der Waals surface area (Å²) in [7, 11) is -3.88. The maximum absolute atomic E-state index is 11.6. The van der Waals surface area contributed by atoms with Crippen LogP contribution in [0.25, 0.3) is 0 Å². The molecule has 0 aliphatic carbocycles. The van der Waals surface area contributed by atoms with Crippen molar-refractivity contribution < 1.29 is 27.9 Å². The minimum atomic E-state index is -3.88. The summed E-state index contributed by atoms with van der Waals surface area (Å²) >= 11 is 0. The predicted molar refractivity (Wildman–Crippen MR) is 71.3 cm³/mol. The quantitative estimate of drug-likeness (QED) is 0.766. The van der Waals surface area contributed by atoms with Gasteiger partial charge in [-0.2, -0.15) is 0 Å². The second-order valence-electron chi connectivity index (χ2n) is 3.69. The van der Waals surface area contributed by atoms with Gasteiger partial charge < -0.3 is 9.84 Å². The van der Waals surface area contributed by atoms with E-state index in [1.165, 1.54) is 30.3 Å². The van der Waals surface area contributed by atoms with Crippen LogP contribution in [-0.2, 0) is 19.4 Å². The normalized spacial score (nSPS) is 10.6. The number of carbonyl (C=O) groups is 2. The molecule has 0 saturated heterocycles. The van der Waals surface area contributed by atoms with Crippen LogP contribution in [0.3, 0.4) is 0 Å². The third-order valence-corrected chi connectivity index (χ3v) is 3.72. The van der Waals surface area contributed by atoms with E-state index in [4.69, 9.17) is 5.11 Å². The Hall–Kier alpha value is -2.35. The largest absolute Gasteiger partial charge is 0.480 e. The number of hydrogen-bond acceptors (Lipinski definition) is 5. The molecule has 0 aliphatic heterocycles. The second kappa shape index (κ2) is 6.71. The van der Waals surface area contributed by atoms with Crippen molar-refractivity contribution in [3.63, 3.8) is 0 Å². The molecule has 0 atom stereocenters. The topological polar surface area (TPSA) is 110 Å². The molecular formula is C12H13NO6S. The maximum Gasteiger partial charge on any atom is 0.411 e. The monoisotopic (exact) mass is 299 g/mol. The Bertz CT molecular complexity index is 605. The number of carboxylic acids is 1. The number of carboxylic acid groups (broad SMARTS) is 1. The van der Waals surface area contributed by atoms with Crippen LogP contribution in [0.4, 0.5) is 10.5 Å². The fourth-order valence-electron chi connectivity index (χ4n) is 1.28. The minimum Gasteiger partial charge on any atom is -0.480 e. The van der Waals surface area contributed by atoms with Gasteiger partial charge in [0.25, 0.3) is 0 Å². The number of hydrogen-bond donors (Lipinski definition) is 2. The Morgan fingerprint density at radius 3 is 2.40 bits per heavy atom. The number of benzene rings is 1. The van der Waals surface area contributed by atoms with Gasteiger partial charge in [-0.25, -0.2) is 13.2 Å². The van der Waals surface area contributed by atoms with E-state index in [9.17, 15) is 18.0 Å². The van der Waals surface area contributed by atoms with Crippen molar-refractivity contribution in [1.82, 2.24) is 0 Å². The van der Waals surface area contributed by atoms with E-state index in [0.29, 0.717) is 5.69 Å². The summed E-state index contributed by atoms with van der Waals surface area (Å²) in [4.78, 5) is 21.5. The van der Waals surface area contributed by atoms with Crippen LogP contribution < -0.4 is 5.32 Å². The van der Waals surface area contributed by atoms with E-state index < -0.39 is 27.7 Å².